The number of carbonyl (C=O) groups is 1. The van der Waals surface area contributed by atoms with Crippen LogP contribution in [0.1, 0.15) is 0 Å². The molecule has 0 aromatic rings. The first-order valence-corrected chi connectivity index (χ1v) is 7.47. The minimum Gasteiger partial charge on any atom is -0.596 e. The van der Waals surface area contributed by atoms with Crippen molar-refractivity contribution < 1.29 is 39.8 Å². The van der Waals surface area contributed by atoms with Crippen molar-refractivity contribution >= 4 is 28.9 Å². The summed E-state index contributed by atoms with van der Waals surface area (Å²) < 4.78 is 35.7. The van der Waals surface area contributed by atoms with Crippen LogP contribution in [-0.2, 0) is 29.6 Å². The Morgan fingerprint density at radius 3 is 2.82 bits per heavy atom. The summed E-state index contributed by atoms with van der Waals surface area (Å²) in [6.45, 7) is -0.635. The van der Waals surface area contributed by atoms with E-state index in [0.29, 0.717) is 0 Å². The molecule has 1 fully saturated rings. The first-order valence-electron chi connectivity index (χ1n) is 4.59. The summed E-state index contributed by atoms with van der Waals surface area (Å²) in [5, 5.41) is 18.2. The molecule has 9 nitrogen and oxygen atoms in total. The Bertz CT molecular complexity index is 450. The Hall–Kier alpha value is -0.588. The summed E-state index contributed by atoms with van der Waals surface area (Å²) in [4.78, 5) is 11.4. The Labute approximate surface area is 99.5 Å². The lowest BCUT2D eigenvalue weighted by Crippen LogP contribution is -2.38. The summed E-state index contributed by atoms with van der Waals surface area (Å²) >= 11 is -2.63. The SMILES string of the molecule is O=C1O[C@@H]([C@@H](O)CO)C2=C1OP1(=O)[O][Al]([O]2)[O]1. The van der Waals surface area contributed by atoms with Gasteiger partial charge in [-0.2, -0.15) is 0 Å². The second-order valence-corrected chi connectivity index (χ2v) is 7.00. The Balaban J connectivity index is 1.95. The summed E-state index contributed by atoms with van der Waals surface area (Å²) in [6, 6.07) is 0. The lowest BCUT2D eigenvalue weighted by molar-refractivity contribution is -0.148. The first kappa shape index (κ1) is 11.5. The third-order valence-electron chi connectivity index (χ3n) is 2.29. The van der Waals surface area contributed by atoms with Gasteiger partial charge in [-0.15, -0.1) is 0 Å². The molecule has 0 aromatic heterocycles. The topological polar surface area (TPSA) is 121 Å². The monoisotopic (exact) mass is 280 g/mol. The highest BCUT2D eigenvalue weighted by molar-refractivity contribution is 7.54. The molecule has 17 heavy (non-hydrogen) atoms. The Kier molecular flexibility index (Phi) is 2.50. The lowest BCUT2D eigenvalue weighted by Gasteiger charge is -2.27. The number of hydrogen-bond acceptors (Lipinski definition) is 9. The molecule has 11 heteroatoms. The zero-order valence-electron chi connectivity index (χ0n) is 8.14. The second-order valence-electron chi connectivity index (χ2n) is 3.43. The average Bonchev–Trinajstić information content (AvgIpc) is 2.43. The third kappa shape index (κ3) is 1.70. The molecule has 4 heterocycles. The Morgan fingerprint density at radius 2 is 2.18 bits per heavy atom. The Morgan fingerprint density at radius 1 is 1.47 bits per heavy atom. The molecule has 0 saturated carbocycles. The van der Waals surface area contributed by atoms with E-state index >= 15 is 0 Å². The molecule has 0 unspecified atom stereocenters. The van der Waals surface area contributed by atoms with Gasteiger partial charge in [-0.25, -0.2) is 9.36 Å². The van der Waals surface area contributed by atoms with Gasteiger partial charge in [-0.05, 0) is 0 Å². The van der Waals surface area contributed by atoms with Crippen molar-refractivity contribution in [1.82, 2.24) is 0 Å². The van der Waals surface area contributed by atoms with E-state index in [2.05, 4.69) is 0 Å². The van der Waals surface area contributed by atoms with E-state index in [0.717, 1.165) is 0 Å². The quantitative estimate of drug-likeness (QED) is 0.359. The molecule has 0 amide bonds. The number of hydrogen-bond donors (Lipinski definition) is 2. The molecule has 0 spiro atoms. The van der Waals surface area contributed by atoms with Crippen molar-refractivity contribution in [3.05, 3.63) is 11.5 Å². The maximum atomic E-state index is 11.5. The standard InChI is InChI=1S/C6H9O9P.Al/c7-1-2(8)4-3(9)5(6(10)14-4)15-16(11,12)13;/h2,4,7-9H,1H2,(H2,11,12,13);/q;+3/p-3/t2-,4-;/m0./s1. The smallest absolute Gasteiger partial charge is 0.596 e. The molecular formula is C6H6AlO9P. The molecule has 2 atom stereocenters. The van der Waals surface area contributed by atoms with Crippen LogP contribution in [0.25, 0.3) is 0 Å². The van der Waals surface area contributed by atoms with E-state index in [9.17, 15) is 14.5 Å². The van der Waals surface area contributed by atoms with Gasteiger partial charge in [-0.3, -0.25) is 0 Å². The van der Waals surface area contributed by atoms with Gasteiger partial charge >= 0.3 is 28.9 Å². The normalized spacial score (nSPS) is 30.6. The van der Waals surface area contributed by atoms with Gasteiger partial charge in [0, 0.05) is 0 Å². The number of ether oxygens (including phenoxy) is 1. The number of esters is 1. The predicted molar refractivity (Wildman–Crippen MR) is 47.7 cm³/mol. The van der Waals surface area contributed by atoms with Gasteiger partial charge < -0.3 is 30.4 Å². The fourth-order valence-corrected chi connectivity index (χ4v) is 4.80. The van der Waals surface area contributed by atoms with Crippen LogP contribution in [0.5, 0.6) is 0 Å². The lowest BCUT2D eigenvalue weighted by atomic mass is 10.2. The van der Waals surface area contributed by atoms with Crippen LogP contribution in [0.2, 0.25) is 0 Å². The molecule has 0 radical (unpaired) electrons. The number of cyclic esters (lactones) is 1. The van der Waals surface area contributed by atoms with Gasteiger partial charge in [0.25, 0.3) is 5.76 Å². The van der Waals surface area contributed by atoms with Crippen LogP contribution in [-0.4, -0.2) is 50.1 Å². The molecule has 2 bridgehead atoms. The molecule has 2 N–H and O–H groups in total. The molecule has 4 aliphatic heterocycles. The van der Waals surface area contributed by atoms with Crippen LogP contribution in [0, 0.1) is 0 Å². The summed E-state index contributed by atoms with van der Waals surface area (Å²) in [5.74, 6) is -1.51. The molecule has 4 rings (SSSR count). The fraction of sp³-hybridized carbons (Fsp3) is 0.500. The van der Waals surface area contributed by atoms with Crippen LogP contribution >= 0.6 is 7.82 Å². The second kappa shape index (κ2) is 3.70. The molecule has 4 aliphatic rings. The fourth-order valence-electron chi connectivity index (χ4n) is 1.52. The van der Waals surface area contributed by atoms with Gasteiger partial charge in [0.15, 0.2) is 11.9 Å². The first-order chi connectivity index (χ1) is 8.02. The minimum absolute atomic E-state index is 0.136. The highest BCUT2D eigenvalue weighted by Crippen LogP contribution is 2.63. The van der Waals surface area contributed by atoms with Crippen LogP contribution < -0.4 is 0 Å². The number of phosphoric acid groups is 1. The predicted octanol–water partition coefficient (Wildman–Crippen LogP) is -1.34. The van der Waals surface area contributed by atoms with E-state index < -0.39 is 53.5 Å². The zero-order valence-corrected chi connectivity index (χ0v) is 10.2. The van der Waals surface area contributed by atoms with E-state index in [1.165, 1.54) is 0 Å². The van der Waals surface area contributed by atoms with Crippen LogP contribution in [0.4, 0.5) is 0 Å². The van der Waals surface area contributed by atoms with E-state index in [4.69, 9.17) is 25.3 Å². The largest absolute Gasteiger partial charge is 1.02 e. The molecule has 1 saturated heterocycles. The van der Waals surface area contributed by atoms with Gasteiger partial charge in [-0.1, -0.05) is 0 Å². The highest BCUT2D eigenvalue weighted by atomic mass is 31.2. The zero-order chi connectivity index (χ0) is 12.2. The highest BCUT2D eigenvalue weighted by Gasteiger charge is 2.66. The van der Waals surface area contributed by atoms with Crippen molar-refractivity contribution in [2.45, 2.75) is 12.2 Å². The number of aliphatic hydroxyl groups is 2. The van der Waals surface area contributed by atoms with Gasteiger partial charge in [0.05, 0.1) is 6.61 Å². The van der Waals surface area contributed by atoms with Crippen molar-refractivity contribution in [2.75, 3.05) is 6.61 Å². The van der Waals surface area contributed by atoms with E-state index in [1.807, 2.05) is 0 Å². The maximum absolute atomic E-state index is 11.5. The summed E-state index contributed by atoms with van der Waals surface area (Å²) in [6.07, 6.45) is -2.56. The van der Waals surface area contributed by atoms with Gasteiger partial charge in [0.2, 0.25) is 0 Å². The van der Waals surface area contributed by atoms with Crippen LogP contribution in [0.3, 0.4) is 0 Å². The van der Waals surface area contributed by atoms with Gasteiger partial charge in [0.1, 0.15) is 6.10 Å². The number of rotatable bonds is 2. The number of aliphatic hydroxyl groups excluding tert-OH is 2. The van der Waals surface area contributed by atoms with Crippen LogP contribution in [0.15, 0.2) is 11.5 Å². The van der Waals surface area contributed by atoms with E-state index in [1.54, 1.807) is 0 Å². The molecule has 0 aliphatic carbocycles. The van der Waals surface area contributed by atoms with Crippen molar-refractivity contribution in [3.63, 3.8) is 0 Å². The third-order valence-corrected chi connectivity index (χ3v) is 6.59. The minimum atomic E-state index is -3.73. The van der Waals surface area contributed by atoms with Crippen molar-refractivity contribution in [1.29, 1.82) is 0 Å². The molecule has 92 valence electrons. The summed E-state index contributed by atoms with van der Waals surface area (Å²) in [7, 11) is -3.73. The molecule has 0 aromatic carbocycles. The summed E-state index contributed by atoms with van der Waals surface area (Å²) in [5.41, 5.74) is 0. The van der Waals surface area contributed by atoms with Crippen molar-refractivity contribution in [2.24, 2.45) is 0 Å². The molecular weight excluding hydrogens is 274 g/mol. The maximum Gasteiger partial charge on any atom is 1.02 e. The average molecular weight is 280 g/mol. The number of carbonyl (C=O) groups excluding carboxylic acids is 1. The van der Waals surface area contributed by atoms with Crippen molar-refractivity contribution in [3.8, 4) is 0 Å². The van der Waals surface area contributed by atoms with E-state index in [-0.39, 0.29) is 5.76 Å².